The standard InChI is InChI=1S/C13H20N4O4/c1-9-6-10(7-21-9)11-14-15-16-17(11)8-13(12(18)19)2-4-20-5-3-13/h9-10H,2-8H2,1H3,(H,18,19). The van der Waals surface area contributed by atoms with Crippen molar-refractivity contribution in [1.82, 2.24) is 20.2 Å². The lowest BCUT2D eigenvalue weighted by Gasteiger charge is -2.33. The molecule has 8 heteroatoms. The Kier molecular flexibility index (Phi) is 3.90. The first kappa shape index (κ1) is 14.4. The summed E-state index contributed by atoms with van der Waals surface area (Å²) in [5.41, 5.74) is -0.840. The SMILES string of the molecule is CC1CC(c2nnnn2CC2(C(=O)O)CCOCC2)CO1. The van der Waals surface area contributed by atoms with Crippen LogP contribution >= 0.6 is 0 Å². The molecule has 2 saturated heterocycles. The number of aliphatic carboxylic acids is 1. The number of rotatable bonds is 4. The highest BCUT2D eigenvalue weighted by Gasteiger charge is 2.42. The molecule has 8 nitrogen and oxygen atoms in total. The van der Waals surface area contributed by atoms with Crippen LogP contribution in [0.15, 0.2) is 0 Å². The summed E-state index contributed by atoms with van der Waals surface area (Å²) in [6.07, 6.45) is 2.03. The lowest BCUT2D eigenvalue weighted by Crippen LogP contribution is -2.41. The maximum atomic E-state index is 11.7. The fourth-order valence-corrected chi connectivity index (χ4v) is 3.10. The largest absolute Gasteiger partial charge is 0.481 e. The molecule has 0 spiro atoms. The average Bonchev–Trinajstić information content (AvgIpc) is 3.08. The Hall–Kier alpha value is -1.54. The van der Waals surface area contributed by atoms with E-state index in [0.29, 0.717) is 39.2 Å². The van der Waals surface area contributed by atoms with Gasteiger partial charge in [0.05, 0.1) is 24.7 Å². The van der Waals surface area contributed by atoms with E-state index in [0.717, 1.165) is 12.2 Å². The average molecular weight is 296 g/mol. The molecule has 2 fully saturated rings. The Bertz CT molecular complexity index is 512. The number of tetrazole rings is 1. The first-order chi connectivity index (χ1) is 10.1. The van der Waals surface area contributed by atoms with Gasteiger partial charge in [-0.2, -0.15) is 0 Å². The van der Waals surface area contributed by atoms with Crippen molar-refractivity contribution in [3.8, 4) is 0 Å². The molecule has 21 heavy (non-hydrogen) atoms. The van der Waals surface area contributed by atoms with Crippen LogP contribution in [0.4, 0.5) is 0 Å². The quantitative estimate of drug-likeness (QED) is 0.860. The third kappa shape index (κ3) is 2.77. The Morgan fingerprint density at radius 2 is 2.24 bits per heavy atom. The van der Waals surface area contributed by atoms with Crippen molar-refractivity contribution in [3.05, 3.63) is 5.82 Å². The van der Waals surface area contributed by atoms with Crippen LogP contribution in [0.3, 0.4) is 0 Å². The van der Waals surface area contributed by atoms with Crippen molar-refractivity contribution in [2.45, 2.75) is 44.8 Å². The van der Waals surface area contributed by atoms with Gasteiger partial charge in [0.15, 0.2) is 5.82 Å². The van der Waals surface area contributed by atoms with Gasteiger partial charge in [-0.25, -0.2) is 4.68 Å². The Labute approximate surface area is 122 Å². The van der Waals surface area contributed by atoms with Crippen molar-refractivity contribution in [2.75, 3.05) is 19.8 Å². The van der Waals surface area contributed by atoms with Gasteiger partial charge in [0, 0.05) is 19.1 Å². The van der Waals surface area contributed by atoms with Crippen molar-refractivity contribution in [1.29, 1.82) is 0 Å². The summed E-state index contributed by atoms with van der Waals surface area (Å²) in [7, 11) is 0. The molecular weight excluding hydrogens is 276 g/mol. The Balaban J connectivity index is 1.81. The molecule has 0 amide bonds. The van der Waals surface area contributed by atoms with Crippen LogP contribution in [0, 0.1) is 5.41 Å². The zero-order chi connectivity index (χ0) is 14.9. The molecule has 2 aliphatic heterocycles. The summed E-state index contributed by atoms with van der Waals surface area (Å²) in [5.74, 6) is 0.0652. The van der Waals surface area contributed by atoms with E-state index in [9.17, 15) is 9.90 Å². The van der Waals surface area contributed by atoms with Crippen molar-refractivity contribution < 1.29 is 19.4 Å². The maximum absolute atomic E-state index is 11.7. The van der Waals surface area contributed by atoms with Crippen LogP contribution in [0.2, 0.25) is 0 Å². The van der Waals surface area contributed by atoms with Gasteiger partial charge in [0.25, 0.3) is 0 Å². The first-order valence-corrected chi connectivity index (χ1v) is 7.29. The molecule has 0 aliphatic carbocycles. The van der Waals surface area contributed by atoms with Crippen molar-refractivity contribution in [2.24, 2.45) is 5.41 Å². The molecule has 2 unspecified atom stereocenters. The number of aromatic nitrogens is 4. The van der Waals surface area contributed by atoms with Crippen LogP contribution in [0.1, 0.15) is 37.9 Å². The molecule has 0 radical (unpaired) electrons. The highest BCUT2D eigenvalue weighted by molar-refractivity contribution is 5.74. The molecule has 3 rings (SSSR count). The molecule has 2 aliphatic rings. The number of carboxylic acid groups (broad SMARTS) is 1. The van der Waals surface area contributed by atoms with E-state index in [2.05, 4.69) is 15.5 Å². The smallest absolute Gasteiger partial charge is 0.311 e. The highest BCUT2D eigenvalue weighted by atomic mass is 16.5. The number of carboxylic acids is 1. The molecular formula is C13H20N4O4. The van der Waals surface area contributed by atoms with Gasteiger partial charge in [-0.15, -0.1) is 5.10 Å². The molecule has 3 heterocycles. The third-order valence-electron chi connectivity index (χ3n) is 4.48. The van der Waals surface area contributed by atoms with Gasteiger partial charge >= 0.3 is 5.97 Å². The maximum Gasteiger partial charge on any atom is 0.311 e. The second-order valence-corrected chi connectivity index (χ2v) is 5.97. The van der Waals surface area contributed by atoms with E-state index in [1.165, 1.54) is 0 Å². The summed E-state index contributed by atoms with van der Waals surface area (Å²) >= 11 is 0. The van der Waals surface area contributed by atoms with E-state index in [1.807, 2.05) is 6.92 Å². The van der Waals surface area contributed by atoms with Gasteiger partial charge in [-0.3, -0.25) is 4.79 Å². The molecule has 1 N–H and O–H groups in total. The highest BCUT2D eigenvalue weighted by Crippen LogP contribution is 2.34. The topological polar surface area (TPSA) is 99.4 Å². The van der Waals surface area contributed by atoms with Crippen molar-refractivity contribution >= 4 is 5.97 Å². The third-order valence-corrected chi connectivity index (χ3v) is 4.48. The lowest BCUT2D eigenvalue weighted by molar-refractivity contribution is -0.156. The van der Waals surface area contributed by atoms with Gasteiger partial charge < -0.3 is 14.6 Å². The second kappa shape index (κ2) is 5.69. The molecule has 1 aromatic heterocycles. The normalized spacial score (nSPS) is 28.6. The van der Waals surface area contributed by atoms with Gasteiger partial charge in [-0.1, -0.05) is 0 Å². The lowest BCUT2D eigenvalue weighted by atomic mass is 9.80. The van der Waals surface area contributed by atoms with E-state index < -0.39 is 11.4 Å². The van der Waals surface area contributed by atoms with Gasteiger partial charge in [0.1, 0.15) is 0 Å². The molecule has 2 atom stereocenters. The number of hydrogen-bond donors (Lipinski definition) is 1. The predicted octanol–water partition coefficient (Wildman–Crippen LogP) is 0.447. The molecule has 1 aromatic rings. The van der Waals surface area contributed by atoms with Crippen molar-refractivity contribution in [3.63, 3.8) is 0 Å². The van der Waals surface area contributed by atoms with Gasteiger partial charge in [0.2, 0.25) is 0 Å². The van der Waals surface area contributed by atoms with Crippen LogP contribution < -0.4 is 0 Å². The molecule has 116 valence electrons. The summed E-state index contributed by atoms with van der Waals surface area (Å²) in [6, 6.07) is 0. The number of carbonyl (C=O) groups is 1. The molecule has 0 aromatic carbocycles. The molecule has 0 saturated carbocycles. The van der Waals surface area contributed by atoms with E-state index in [1.54, 1.807) is 4.68 Å². The zero-order valence-corrected chi connectivity index (χ0v) is 12.1. The summed E-state index contributed by atoms with van der Waals surface area (Å²) in [5, 5.41) is 21.4. The zero-order valence-electron chi connectivity index (χ0n) is 12.1. The number of ether oxygens (including phenoxy) is 2. The fraction of sp³-hybridized carbons (Fsp3) is 0.846. The summed E-state index contributed by atoms with van der Waals surface area (Å²) in [6.45, 7) is 3.83. The van der Waals surface area contributed by atoms with E-state index >= 15 is 0 Å². The van der Waals surface area contributed by atoms with Crippen LogP contribution in [0.5, 0.6) is 0 Å². The number of nitrogens with zero attached hydrogens (tertiary/aromatic N) is 4. The first-order valence-electron chi connectivity index (χ1n) is 7.29. The minimum Gasteiger partial charge on any atom is -0.481 e. The predicted molar refractivity (Wildman–Crippen MR) is 70.7 cm³/mol. The van der Waals surface area contributed by atoms with Crippen LogP contribution in [-0.4, -0.2) is 57.2 Å². The van der Waals surface area contributed by atoms with Crippen LogP contribution in [-0.2, 0) is 20.8 Å². The van der Waals surface area contributed by atoms with Gasteiger partial charge in [-0.05, 0) is 36.6 Å². The minimum absolute atomic E-state index is 0.140. The minimum atomic E-state index is -0.840. The molecule has 0 bridgehead atoms. The summed E-state index contributed by atoms with van der Waals surface area (Å²) in [4.78, 5) is 11.7. The van der Waals surface area contributed by atoms with Crippen LogP contribution in [0.25, 0.3) is 0 Å². The summed E-state index contributed by atoms with van der Waals surface area (Å²) < 4.78 is 12.5. The monoisotopic (exact) mass is 296 g/mol. The fourth-order valence-electron chi connectivity index (χ4n) is 3.10. The Morgan fingerprint density at radius 3 is 2.86 bits per heavy atom. The van der Waals surface area contributed by atoms with E-state index in [-0.39, 0.29) is 12.0 Å². The van der Waals surface area contributed by atoms with E-state index in [4.69, 9.17) is 9.47 Å². The second-order valence-electron chi connectivity index (χ2n) is 5.97. The number of hydrogen-bond acceptors (Lipinski definition) is 6. The Morgan fingerprint density at radius 1 is 1.48 bits per heavy atom.